The minimum absolute atomic E-state index is 0.708. The zero-order chi connectivity index (χ0) is 10.8. The number of aryl methyl sites for hydroxylation is 1. The minimum Gasteiger partial charge on any atom is -0.331 e. The van der Waals surface area contributed by atoms with E-state index in [1.165, 1.54) is 18.5 Å². The Balaban J connectivity index is 2.09. The van der Waals surface area contributed by atoms with E-state index in [0.717, 1.165) is 31.3 Å². The summed E-state index contributed by atoms with van der Waals surface area (Å²) in [6, 6.07) is 0. The molecule has 0 fully saturated rings. The molecule has 0 aromatic carbocycles. The normalized spacial score (nSPS) is 20.3. The number of hydrogen-bond acceptors (Lipinski definition) is 2. The van der Waals surface area contributed by atoms with Gasteiger partial charge in [0, 0.05) is 6.54 Å². The van der Waals surface area contributed by atoms with Gasteiger partial charge in [0.25, 0.3) is 0 Å². The van der Waals surface area contributed by atoms with Crippen molar-refractivity contribution < 1.29 is 0 Å². The molecule has 1 aliphatic rings. The van der Waals surface area contributed by atoms with E-state index in [2.05, 4.69) is 14.9 Å². The van der Waals surface area contributed by atoms with E-state index in [0.29, 0.717) is 5.15 Å². The molecule has 0 amide bonds. The Hall–Kier alpha value is -0.540. The first-order chi connectivity index (χ1) is 7.22. The molecule has 2 heterocycles. The number of nitrogens with one attached hydrogen (secondary N) is 1. The maximum atomic E-state index is 6.07. The summed E-state index contributed by atoms with van der Waals surface area (Å²) in [7, 11) is 2.01. The van der Waals surface area contributed by atoms with E-state index in [-0.39, 0.29) is 0 Å². The van der Waals surface area contributed by atoms with Crippen LogP contribution >= 0.6 is 11.6 Å². The molecular weight excluding hydrogens is 210 g/mol. The third-order valence-corrected chi connectivity index (χ3v) is 3.55. The van der Waals surface area contributed by atoms with Crippen LogP contribution in [0.25, 0.3) is 0 Å². The Morgan fingerprint density at radius 1 is 1.60 bits per heavy atom. The van der Waals surface area contributed by atoms with Crippen LogP contribution < -0.4 is 5.32 Å². The minimum atomic E-state index is 0.708. The van der Waals surface area contributed by atoms with Crippen molar-refractivity contribution in [2.24, 2.45) is 5.92 Å². The SMILES string of the molecule is CNCCC1CCc2c(Cl)nc(C)n2C1. The van der Waals surface area contributed by atoms with Crippen molar-refractivity contribution in [2.75, 3.05) is 13.6 Å². The van der Waals surface area contributed by atoms with Gasteiger partial charge in [0.05, 0.1) is 5.69 Å². The van der Waals surface area contributed by atoms with Crippen molar-refractivity contribution in [1.82, 2.24) is 14.9 Å². The Morgan fingerprint density at radius 3 is 3.13 bits per heavy atom. The molecule has 0 saturated heterocycles. The Kier molecular flexibility index (Phi) is 3.32. The average Bonchev–Trinajstić information content (AvgIpc) is 2.52. The molecule has 1 unspecified atom stereocenters. The maximum absolute atomic E-state index is 6.07. The van der Waals surface area contributed by atoms with E-state index >= 15 is 0 Å². The number of rotatable bonds is 3. The molecule has 1 atom stereocenters. The second kappa shape index (κ2) is 4.54. The fraction of sp³-hybridized carbons (Fsp3) is 0.727. The van der Waals surface area contributed by atoms with Gasteiger partial charge in [-0.1, -0.05) is 11.6 Å². The molecular formula is C11H18ClN3. The van der Waals surface area contributed by atoms with Crippen molar-refractivity contribution in [3.8, 4) is 0 Å². The fourth-order valence-corrected chi connectivity index (χ4v) is 2.65. The van der Waals surface area contributed by atoms with Crippen molar-refractivity contribution in [1.29, 1.82) is 0 Å². The molecule has 0 bridgehead atoms. The highest BCUT2D eigenvalue weighted by Gasteiger charge is 2.22. The summed E-state index contributed by atoms with van der Waals surface area (Å²) in [6.07, 6.45) is 3.56. The van der Waals surface area contributed by atoms with Crippen molar-refractivity contribution in [2.45, 2.75) is 32.7 Å². The van der Waals surface area contributed by atoms with Gasteiger partial charge < -0.3 is 9.88 Å². The van der Waals surface area contributed by atoms with Gasteiger partial charge in [-0.3, -0.25) is 0 Å². The highest BCUT2D eigenvalue weighted by molar-refractivity contribution is 6.30. The summed E-state index contributed by atoms with van der Waals surface area (Å²) in [5.41, 5.74) is 1.23. The largest absolute Gasteiger partial charge is 0.331 e. The van der Waals surface area contributed by atoms with Crippen LogP contribution in [0.2, 0.25) is 5.15 Å². The summed E-state index contributed by atoms with van der Waals surface area (Å²) >= 11 is 6.07. The summed E-state index contributed by atoms with van der Waals surface area (Å²) in [5, 5.41) is 3.92. The van der Waals surface area contributed by atoms with Gasteiger partial charge >= 0.3 is 0 Å². The van der Waals surface area contributed by atoms with Crippen LogP contribution in [0.3, 0.4) is 0 Å². The molecule has 0 radical (unpaired) electrons. The highest BCUT2D eigenvalue weighted by atomic mass is 35.5. The maximum Gasteiger partial charge on any atom is 0.150 e. The van der Waals surface area contributed by atoms with Gasteiger partial charge in [0.1, 0.15) is 5.82 Å². The second-order valence-electron chi connectivity index (χ2n) is 4.30. The number of imidazole rings is 1. The van der Waals surface area contributed by atoms with Crippen LogP contribution in [0.15, 0.2) is 0 Å². The molecule has 0 spiro atoms. The Morgan fingerprint density at radius 2 is 2.40 bits per heavy atom. The molecule has 3 nitrogen and oxygen atoms in total. The number of hydrogen-bond donors (Lipinski definition) is 1. The number of nitrogens with zero attached hydrogens (tertiary/aromatic N) is 2. The predicted molar refractivity (Wildman–Crippen MR) is 62.3 cm³/mol. The van der Waals surface area contributed by atoms with Crippen molar-refractivity contribution in [3.05, 3.63) is 16.7 Å². The van der Waals surface area contributed by atoms with Crippen LogP contribution in [0, 0.1) is 12.8 Å². The van der Waals surface area contributed by atoms with E-state index in [9.17, 15) is 0 Å². The standard InChI is InChI=1S/C11H18ClN3/c1-8-14-11(12)10-4-3-9(5-6-13-2)7-15(8)10/h9,13H,3-7H2,1-2H3. The first-order valence-corrected chi connectivity index (χ1v) is 5.96. The fourth-order valence-electron chi connectivity index (χ4n) is 2.33. The third kappa shape index (κ3) is 2.18. The van der Waals surface area contributed by atoms with Crippen LogP contribution in [0.5, 0.6) is 0 Å². The zero-order valence-corrected chi connectivity index (χ0v) is 10.1. The lowest BCUT2D eigenvalue weighted by Crippen LogP contribution is -2.24. The quantitative estimate of drug-likeness (QED) is 0.857. The smallest absolute Gasteiger partial charge is 0.150 e. The van der Waals surface area contributed by atoms with Crippen LogP contribution in [-0.4, -0.2) is 23.1 Å². The first kappa shape index (κ1) is 11.0. The van der Waals surface area contributed by atoms with E-state index in [1.54, 1.807) is 0 Å². The monoisotopic (exact) mass is 227 g/mol. The molecule has 0 aliphatic carbocycles. The molecule has 1 aromatic rings. The van der Waals surface area contributed by atoms with Gasteiger partial charge in [-0.25, -0.2) is 4.98 Å². The molecule has 84 valence electrons. The van der Waals surface area contributed by atoms with E-state index in [4.69, 9.17) is 11.6 Å². The van der Waals surface area contributed by atoms with Crippen LogP contribution in [0.4, 0.5) is 0 Å². The van der Waals surface area contributed by atoms with Crippen molar-refractivity contribution in [3.63, 3.8) is 0 Å². The summed E-state index contributed by atoms with van der Waals surface area (Å²) < 4.78 is 2.28. The number of fused-ring (bicyclic) bond motifs is 1. The molecule has 2 rings (SSSR count). The predicted octanol–water partition coefficient (Wildman–Crippen LogP) is 2.02. The Bertz CT molecular complexity index is 346. The molecule has 4 heteroatoms. The molecule has 15 heavy (non-hydrogen) atoms. The first-order valence-electron chi connectivity index (χ1n) is 5.58. The van der Waals surface area contributed by atoms with Gasteiger partial charge in [-0.15, -0.1) is 0 Å². The summed E-state index contributed by atoms with van der Waals surface area (Å²) in [4.78, 5) is 4.32. The molecule has 0 saturated carbocycles. The lowest BCUT2D eigenvalue weighted by Gasteiger charge is -2.25. The van der Waals surface area contributed by atoms with Gasteiger partial charge in [-0.05, 0) is 45.7 Å². The van der Waals surface area contributed by atoms with Crippen LogP contribution in [-0.2, 0) is 13.0 Å². The lowest BCUT2D eigenvalue weighted by molar-refractivity contribution is 0.342. The molecule has 1 aromatic heterocycles. The van der Waals surface area contributed by atoms with E-state index in [1.807, 2.05) is 14.0 Å². The Labute approximate surface area is 95.8 Å². The number of aromatic nitrogens is 2. The van der Waals surface area contributed by atoms with Gasteiger partial charge in [-0.2, -0.15) is 0 Å². The van der Waals surface area contributed by atoms with Gasteiger partial charge in [0.2, 0.25) is 0 Å². The summed E-state index contributed by atoms with van der Waals surface area (Å²) in [6.45, 7) is 4.22. The van der Waals surface area contributed by atoms with Crippen molar-refractivity contribution >= 4 is 11.6 Å². The molecule has 1 aliphatic heterocycles. The third-order valence-electron chi connectivity index (χ3n) is 3.25. The average molecular weight is 228 g/mol. The highest BCUT2D eigenvalue weighted by Crippen LogP contribution is 2.28. The lowest BCUT2D eigenvalue weighted by atomic mass is 9.95. The van der Waals surface area contributed by atoms with Crippen LogP contribution in [0.1, 0.15) is 24.4 Å². The number of halogens is 1. The zero-order valence-electron chi connectivity index (χ0n) is 9.39. The van der Waals surface area contributed by atoms with E-state index < -0.39 is 0 Å². The van der Waals surface area contributed by atoms with Gasteiger partial charge in [0.15, 0.2) is 5.15 Å². The summed E-state index contributed by atoms with van der Waals surface area (Å²) in [5.74, 6) is 1.83. The topological polar surface area (TPSA) is 29.9 Å². The second-order valence-corrected chi connectivity index (χ2v) is 4.66. The molecule has 1 N–H and O–H groups in total.